The summed E-state index contributed by atoms with van der Waals surface area (Å²) < 4.78 is 0. The molecule has 0 atom stereocenters. The van der Waals surface area contributed by atoms with Gasteiger partial charge in [-0.1, -0.05) is 51.9 Å². The molecule has 0 spiro atoms. The standard InChI is InChI=1S/C15H27N3OS.ClH/c1-2-3-4-5-6-7-8-9-11-18(13-14(16)19)15-17-10-12-20-15;/h10,12H,2-9,11,13H2,1H3,(H2,16,19);1H. The van der Waals surface area contributed by atoms with Crippen LogP contribution in [0.15, 0.2) is 11.6 Å². The Kier molecular flexibility index (Phi) is 12.4. The Morgan fingerprint density at radius 2 is 1.81 bits per heavy atom. The number of nitrogens with two attached hydrogens (primary N) is 1. The summed E-state index contributed by atoms with van der Waals surface area (Å²) in [6, 6.07) is 0. The highest BCUT2D eigenvalue weighted by Gasteiger charge is 2.11. The SMILES string of the molecule is CCCCCCCCCCN(CC(N)=O)c1nccs1.Cl. The molecule has 6 heteroatoms. The van der Waals surface area contributed by atoms with E-state index >= 15 is 0 Å². The molecule has 1 aromatic heterocycles. The Morgan fingerprint density at radius 3 is 2.33 bits per heavy atom. The highest BCUT2D eigenvalue weighted by Crippen LogP contribution is 2.18. The van der Waals surface area contributed by atoms with Gasteiger partial charge in [-0.2, -0.15) is 0 Å². The van der Waals surface area contributed by atoms with E-state index in [0.717, 1.165) is 18.1 Å². The minimum atomic E-state index is -0.292. The molecule has 1 heterocycles. The number of thiazole rings is 1. The predicted molar refractivity (Wildman–Crippen MR) is 93.4 cm³/mol. The van der Waals surface area contributed by atoms with Gasteiger partial charge >= 0.3 is 0 Å². The number of hydrogen-bond donors (Lipinski definition) is 1. The van der Waals surface area contributed by atoms with E-state index in [1.165, 1.54) is 44.9 Å². The summed E-state index contributed by atoms with van der Waals surface area (Å²) >= 11 is 1.56. The molecule has 1 amide bonds. The maximum absolute atomic E-state index is 11.1. The molecule has 0 aliphatic carbocycles. The second-order valence-electron chi connectivity index (χ2n) is 5.18. The predicted octanol–water partition coefficient (Wildman–Crippen LogP) is 4.00. The van der Waals surface area contributed by atoms with Gasteiger partial charge in [0.2, 0.25) is 5.91 Å². The molecule has 0 aliphatic heterocycles. The summed E-state index contributed by atoms with van der Waals surface area (Å²) in [7, 11) is 0. The monoisotopic (exact) mass is 333 g/mol. The summed E-state index contributed by atoms with van der Waals surface area (Å²) in [6.45, 7) is 3.38. The second kappa shape index (κ2) is 12.9. The lowest BCUT2D eigenvalue weighted by atomic mass is 10.1. The lowest BCUT2D eigenvalue weighted by molar-refractivity contribution is -0.116. The third kappa shape index (κ3) is 9.69. The van der Waals surface area contributed by atoms with E-state index in [1.54, 1.807) is 17.5 Å². The third-order valence-corrected chi connectivity index (χ3v) is 4.15. The fraction of sp³-hybridized carbons (Fsp3) is 0.733. The largest absolute Gasteiger partial charge is 0.368 e. The van der Waals surface area contributed by atoms with Crippen molar-refractivity contribution < 1.29 is 4.79 Å². The quantitative estimate of drug-likeness (QED) is 0.588. The molecule has 1 rings (SSSR count). The number of rotatable bonds is 12. The Labute approximate surface area is 138 Å². The first-order valence-electron chi connectivity index (χ1n) is 7.66. The minimum Gasteiger partial charge on any atom is -0.368 e. The normalized spacial score (nSPS) is 10.1. The zero-order valence-corrected chi connectivity index (χ0v) is 14.6. The number of primary amides is 1. The van der Waals surface area contributed by atoms with Gasteiger partial charge in [0.15, 0.2) is 5.13 Å². The van der Waals surface area contributed by atoms with Crippen LogP contribution in [0.25, 0.3) is 0 Å². The van der Waals surface area contributed by atoms with Gasteiger partial charge in [0, 0.05) is 18.1 Å². The van der Waals surface area contributed by atoms with E-state index in [9.17, 15) is 4.79 Å². The van der Waals surface area contributed by atoms with E-state index < -0.39 is 0 Å². The zero-order chi connectivity index (χ0) is 14.6. The van der Waals surface area contributed by atoms with Crippen LogP contribution in [0.1, 0.15) is 58.3 Å². The van der Waals surface area contributed by atoms with Crippen molar-refractivity contribution in [1.82, 2.24) is 4.98 Å². The first kappa shape index (κ1) is 20.2. The lowest BCUT2D eigenvalue weighted by Crippen LogP contribution is -2.34. The van der Waals surface area contributed by atoms with Gasteiger partial charge in [0.05, 0.1) is 6.54 Å². The Hall–Kier alpha value is -0.810. The smallest absolute Gasteiger partial charge is 0.237 e. The zero-order valence-electron chi connectivity index (χ0n) is 12.9. The first-order valence-corrected chi connectivity index (χ1v) is 8.54. The number of hydrogen-bond acceptors (Lipinski definition) is 4. The Bertz CT molecular complexity index is 360. The molecule has 0 radical (unpaired) electrons. The van der Waals surface area contributed by atoms with Crippen LogP contribution < -0.4 is 10.6 Å². The molecule has 122 valence electrons. The van der Waals surface area contributed by atoms with Crippen LogP contribution in [-0.4, -0.2) is 24.0 Å². The molecule has 0 unspecified atom stereocenters. The van der Waals surface area contributed by atoms with Crippen LogP contribution >= 0.6 is 23.7 Å². The van der Waals surface area contributed by atoms with Crippen molar-refractivity contribution in [3.8, 4) is 0 Å². The number of halogens is 1. The summed E-state index contributed by atoms with van der Waals surface area (Å²) in [5.74, 6) is -0.292. The molecule has 0 fully saturated rings. The maximum atomic E-state index is 11.1. The molecule has 1 aromatic rings. The number of nitrogens with zero attached hydrogens (tertiary/aromatic N) is 2. The number of anilines is 1. The van der Waals surface area contributed by atoms with Gasteiger partial charge < -0.3 is 10.6 Å². The van der Waals surface area contributed by atoms with Crippen LogP contribution in [-0.2, 0) is 4.79 Å². The molecule has 0 aromatic carbocycles. The number of unbranched alkanes of at least 4 members (excludes halogenated alkanes) is 7. The van der Waals surface area contributed by atoms with Crippen molar-refractivity contribution in [3.05, 3.63) is 11.6 Å². The van der Waals surface area contributed by atoms with Gasteiger partial charge in [-0.25, -0.2) is 4.98 Å². The van der Waals surface area contributed by atoms with E-state index in [2.05, 4.69) is 11.9 Å². The Balaban J connectivity index is 0.00000400. The maximum Gasteiger partial charge on any atom is 0.237 e. The fourth-order valence-corrected chi connectivity index (χ4v) is 2.91. The van der Waals surface area contributed by atoms with E-state index in [4.69, 9.17) is 5.73 Å². The highest BCUT2D eigenvalue weighted by molar-refractivity contribution is 7.13. The molecule has 0 bridgehead atoms. The molecule has 2 N–H and O–H groups in total. The molecule has 0 aliphatic rings. The summed E-state index contributed by atoms with van der Waals surface area (Å²) in [6.07, 6.45) is 12.1. The van der Waals surface area contributed by atoms with Crippen LogP contribution in [0.3, 0.4) is 0 Å². The average Bonchev–Trinajstić information content (AvgIpc) is 2.94. The van der Waals surface area contributed by atoms with Crippen molar-refractivity contribution in [3.63, 3.8) is 0 Å². The van der Waals surface area contributed by atoms with Gasteiger partial charge in [0.25, 0.3) is 0 Å². The first-order chi connectivity index (χ1) is 9.74. The topological polar surface area (TPSA) is 59.2 Å². The van der Waals surface area contributed by atoms with Gasteiger partial charge in [-0.05, 0) is 6.42 Å². The van der Waals surface area contributed by atoms with Crippen molar-refractivity contribution in [1.29, 1.82) is 0 Å². The van der Waals surface area contributed by atoms with Crippen molar-refractivity contribution in [2.45, 2.75) is 58.3 Å². The van der Waals surface area contributed by atoms with E-state index in [1.807, 2.05) is 10.3 Å². The molecule has 21 heavy (non-hydrogen) atoms. The molecular formula is C15H28ClN3OS. The minimum absolute atomic E-state index is 0. The van der Waals surface area contributed by atoms with Crippen LogP contribution in [0.2, 0.25) is 0 Å². The Morgan fingerprint density at radius 1 is 1.19 bits per heavy atom. The number of aromatic nitrogens is 1. The van der Waals surface area contributed by atoms with Crippen LogP contribution in [0.4, 0.5) is 5.13 Å². The summed E-state index contributed by atoms with van der Waals surface area (Å²) in [5.41, 5.74) is 5.29. The van der Waals surface area contributed by atoms with Crippen molar-refractivity contribution in [2.75, 3.05) is 18.0 Å². The van der Waals surface area contributed by atoms with Gasteiger partial charge in [-0.15, -0.1) is 23.7 Å². The average molecular weight is 334 g/mol. The van der Waals surface area contributed by atoms with Crippen molar-refractivity contribution in [2.24, 2.45) is 5.73 Å². The lowest BCUT2D eigenvalue weighted by Gasteiger charge is -2.19. The van der Waals surface area contributed by atoms with Crippen LogP contribution in [0.5, 0.6) is 0 Å². The molecule has 0 saturated heterocycles. The van der Waals surface area contributed by atoms with Crippen molar-refractivity contribution >= 4 is 34.8 Å². The third-order valence-electron chi connectivity index (χ3n) is 3.32. The second-order valence-corrected chi connectivity index (χ2v) is 6.05. The van der Waals surface area contributed by atoms with E-state index in [0.29, 0.717) is 0 Å². The number of carbonyl (C=O) groups is 1. The fourth-order valence-electron chi connectivity index (χ4n) is 2.24. The number of carbonyl (C=O) groups excluding carboxylic acids is 1. The van der Waals surface area contributed by atoms with E-state index in [-0.39, 0.29) is 24.9 Å². The summed E-state index contributed by atoms with van der Waals surface area (Å²) in [4.78, 5) is 17.3. The number of amides is 1. The van der Waals surface area contributed by atoms with Gasteiger partial charge in [-0.3, -0.25) is 4.79 Å². The molecule has 0 saturated carbocycles. The van der Waals surface area contributed by atoms with Gasteiger partial charge in [0.1, 0.15) is 0 Å². The molecule has 4 nitrogen and oxygen atoms in total. The molecular weight excluding hydrogens is 306 g/mol. The summed E-state index contributed by atoms with van der Waals surface area (Å²) in [5, 5.41) is 2.82. The van der Waals surface area contributed by atoms with Crippen LogP contribution in [0, 0.1) is 0 Å². The highest BCUT2D eigenvalue weighted by atomic mass is 35.5.